The summed E-state index contributed by atoms with van der Waals surface area (Å²) in [6, 6.07) is 9.03. The van der Waals surface area contributed by atoms with Crippen molar-refractivity contribution in [1.29, 1.82) is 0 Å². The van der Waals surface area contributed by atoms with Crippen LogP contribution < -0.4 is 14.8 Å². The minimum absolute atomic E-state index is 0.136. The second-order valence-corrected chi connectivity index (χ2v) is 6.82. The predicted molar refractivity (Wildman–Crippen MR) is 109 cm³/mol. The van der Waals surface area contributed by atoms with Gasteiger partial charge in [-0.2, -0.15) is 0 Å². The Morgan fingerprint density at radius 1 is 1.18 bits per heavy atom. The number of amides is 1. The van der Waals surface area contributed by atoms with Crippen molar-refractivity contribution in [2.24, 2.45) is 5.92 Å². The van der Waals surface area contributed by atoms with Gasteiger partial charge in [0.1, 0.15) is 6.61 Å². The number of aromatic nitrogens is 1. The molecular formula is C22H30N2O4. The lowest BCUT2D eigenvalue weighted by atomic mass is 10.2. The van der Waals surface area contributed by atoms with Gasteiger partial charge < -0.3 is 19.5 Å². The third kappa shape index (κ3) is 7.56. The molecule has 6 heteroatoms. The van der Waals surface area contributed by atoms with Crippen molar-refractivity contribution in [1.82, 2.24) is 10.3 Å². The van der Waals surface area contributed by atoms with Crippen LogP contribution in [0.4, 0.5) is 0 Å². The van der Waals surface area contributed by atoms with Crippen LogP contribution in [-0.4, -0.2) is 37.3 Å². The first-order valence-corrected chi connectivity index (χ1v) is 9.74. The van der Waals surface area contributed by atoms with Crippen molar-refractivity contribution in [3.8, 4) is 11.5 Å². The Hall–Kier alpha value is -2.60. The van der Waals surface area contributed by atoms with Crippen molar-refractivity contribution in [2.45, 2.75) is 33.8 Å². The predicted octanol–water partition coefficient (Wildman–Crippen LogP) is 3.85. The topological polar surface area (TPSA) is 69.7 Å². The van der Waals surface area contributed by atoms with Gasteiger partial charge in [0, 0.05) is 43.3 Å². The molecule has 1 amide bonds. The lowest BCUT2D eigenvalue weighted by Gasteiger charge is -2.13. The van der Waals surface area contributed by atoms with Gasteiger partial charge in [0.2, 0.25) is 0 Å². The highest BCUT2D eigenvalue weighted by atomic mass is 16.5. The van der Waals surface area contributed by atoms with E-state index in [1.807, 2.05) is 19.1 Å². The summed E-state index contributed by atoms with van der Waals surface area (Å²) in [4.78, 5) is 16.5. The average Bonchev–Trinajstić information content (AvgIpc) is 2.70. The van der Waals surface area contributed by atoms with Crippen LogP contribution in [0.2, 0.25) is 0 Å². The molecular weight excluding hydrogens is 356 g/mol. The lowest BCUT2D eigenvalue weighted by Crippen LogP contribution is -2.25. The SMILES string of the molecule is CCOc1cc(C(=O)NCCCOCC(C)C)ccc1OCc1cccnc1. The molecule has 0 unspecified atom stereocenters. The van der Waals surface area contributed by atoms with Crippen molar-refractivity contribution < 1.29 is 19.0 Å². The Bertz CT molecular complexity index is 720. The third-order valence-electron chi connectivity index (χ3n) is 3.83. The van der Waals surface area contributed by atoms with Gasteiger partial charge in [-0.05, 0) is 43.5 Å². The van der Waals surface area contributed by atoms with E-state index in [2.05, 4.69) is 24.1 Å². The van der Waals surface area contributed by atoms with Gasteiger partial charge in [-0.15, -0.1) is 0 Å². The number of nitrogens with one attached hydrogen (secondary N) is 1. The van der Waals surface area contributed by atoms with Crippen LogP contribution in [0.5, 0.6) is 11.5 Å². The second kappa shape index (κ2) is 12.0. The molecule has 1 heterocycles. The molecule has 1 aromatic carbocycles. The fraction of sp³-hybridized carbons (Fsp3) is 0.455. The number of hydrogen-bond acceptors (Lipinski definition) is 5. The zero-order valence-electron chi connectivity index (χ0n) is 16.9. The third-order valence-corrected chi connectivity index (χ3v) is 3.83. The van der Waals surface area contributed by atoms with Crippen molar-refractivity contribution >= 4 is 5.91 Å². The van der Waals surface area contributed by atoms with Crippen LogP contribution in [0.15, 0.2) is 42.7 Å². The molecule has 2 aromatic rings. The number of hydrogen-bond donors (Lipinski definition) is 1. The summed E-state index contributed by atoms with van der Waals surface area (Å²) in [6.45, 7) is 8.95. The van der Waals surface area contributed by atoms with E-state index >= 15 is 0 Å². The molecule has 2 rings (SSSR count). The Kier molecular flexibility index (Phi) is 9.28. The van der Waals surface area contributed by atoms with Gasteiger partial charge in [-0.1, -0.05) is 19.9 Å². The minimum atomic E-state index is -0.136. The molecule has 1 aromatic heterocycles. The molecule has 0 aliphatic carbocycles. The molecule has 28 heavy (non-hydrogen) atoms. The fourth-order valence-corrected chi connectivity index (χ4v) is 2.48. The van der Waals surface area contributed by atoms with Crippen molar-refractivity contribution in [3.63, 3.8) is 0 Å². The van der Waals surface area contributed by atoms with Gasteiger partial charge in [0.15, 0.2) is 11.5 Å². The normalized spacial score (nSPS) is 10.7. The van der Waals surface area contributed by atoms with E-state index in [4.69, 9.17) is 14.2 Å². The molecule has 0 radical (unpaired) electrons. The second-order valence-electron chi connectivity index (χ2n) is 6.82. The first kappa shape index (κ1) is 21.7. The van der Waals surface area contributed by atoms with Crippen LogP contribution in [0.25, 0.3) is 0 Å². The molecule has 0 fully saturated rings. The quantitative estimate of drug-likeness (QED) is 0.561. The van der Waals surface area contributed by atoms with Crippen molar-refractivity contribution in [3.05, 3.63) is 53.9 Å². The van der Waals surface area contributed by atoms with Crippen LogP contribution in [-0.2, 0) is 11.3 Å². The number of nitrogens with zero attached hydrogens (tertiary/aromatic N) is 1. The highest BCUT2D eigenvalue weighted by molar-refractivity contribution is 5.94. The number of pyridine rings is 1. The van der Waals surface area contributed by atoms with E-state index in [1.165, 1.54) is 0 Å². The number of rotatable bonds is 12. The summed E-state index contributed by atoms with van der Waals surface area (Å²) in [5, 5.41) is 2.91. The van der Waals surface area contributed by atoms with Gasteiger partial charge in [0.25, 0.3) is 5.91 Å². The minimum Gasteiger partial charge on any atom is -0.490 e. The first-order chi connectivity index (χ1) is 13.6. The van der Waals surface area contributed by atoms with E-state index in [-0.39, 0.29) is 5.91 Å². The molecule has 152 valence electrons. The number of benzene rings is 1. The molecule has 0 aliphatic heterocycles. The molecule has 0 atom stereocenters. The van der Waals surface area contributed by atoms with Crippen LogP contribution in [0.1, 0.15) is 43.1 Å². The lowest BCUT2D eigenvalue weighted by molar-refractivity contribution is 0.0924. The Balaban J connectivity index is 1.88. The Labute approximate surface area is 167 Å². The maximum absolute atomic E-state index is 12.4. The molecule has 0 aliphatic rings. The van der Waals surface area contributed by atoms with E-state index in [1.54, 1.807) is 30.6 Å². The van der Waals surface area contributed by atoms with Gasteiger partial charge >= 0.3 is 0 Å². The summed E-state index contributed by atoms with van der Waals surface area (Å²) in [7, 11) is 0. The van der Waals surface area contributed by atoms with E-state index in [9.17, 15) is 4.79 Å². The highest BCUT2D eigenvalue weighted by Gasteiger charge is 2.12. The van der Waals surface area contributed by atoms with Crippen LogP contribution in [0, 0.1) is 5.92 Å². The first-order valence-electron chi connectivity index (χ1n) is 9.74. The fourth-order valence-electron chi connectivity index (χ4n) is 2.48. The summed E-state index contributed by atoms with van der Waals surface area (Å²) in [5.41, 5.74) is 1.51. The molecule has 0 bridgehead atoms. The monoisotopic (exact) mass is 386 g/mol. The number of carbonyl (C=O) groups excluding carboxylic acids is 1. The maximum atomic E-state index is 12.4. The maximum Gasteiger partial charge on any atom is 0.251 e. The smallest absolute Gasteiger partial charge is 0.251 e. The summed E-state index contributed by atoms with van der Waals surface area (Å²) in [6.07, 6.45) is 4.26. The van der Waals surface area contributed by atoms with Gasteiger partial charge in [-0.25, -0.2) is 0 Å². The van der Waals surface area contributed by atoms with Gasteiger partial charge in [0.05, 0.1) is 6.61 Å². The zero-order chi connectivity index (χ0) is 20.2. The molecule has 0 saturated heterocycles. The van der Waals surface area contributed by atoms with E-state index in [0.717, 1.165) is 18.6 Å². The van der Waals surface area contributed by atoms with E-state index in [0.29, 0.717) is 49.3 Å². The Morgan fingerprint density at radius 3 is 2.75 bits per heavy atom. The average molecular weight is 386 g/mol. The largest absolute Gasteiger partial charge is 0.490 e. The summed E-state index contributed by atoms with van der Waals surface area (Å²) < 4.78 is 17.0. The number of ether oxygens (including phenoxy) is 3. The standard InChI is InChI=1S/C22H30N2O4/c1-4-27-21-13-19(22(25)24-11-6-12-26-15-17(2)3)8-9-20(21)28-16-18-7-5-10-23-14-18/h5,7-10,13-14,17H,4,6,11-12,15-16H2,1-3H3,(H,24,25). The Morgan fingerprint density at radius 2 is 2.04 bits per heavy atom. The molecule has 0 saturated carbocycles. The zero-order valence-corrected chi connectivity index (χ0v) is 16.9. The van der Waals surface area contributed by atoms with Crippen LogP contribution >= 0.6 is 0 Å². The van der Waals surface area contributed by atoms with Gasteiger partial charge in [-0.3, -0.25) is 9.78 Å². The molecule has 6 nitrogen and oxygen atoms in total. The summed E-state index contributed by atoms with van der Waals surface area (Å²) >= 11 is 0. The van der Waals surface area contributed by atoms with Crippen molar-refractivity contribution in [2.75, 3.05) is 26.4 Å². The highest BCUT2D eigenvalue weighted by Crippen LogP contribution is 2.29. The van der Waals surface area contributed by atoms with Crippen LogP contribution in [0.3, 0.4) is 0 Å². The van der Waals surface area contributed by atoms with E-state index < -0.39 is 0 Å². The summed E-state index contributed by atoms with van der Waals surface area (Å²) in [5.74, 6) is 1.54. The molecule has 0 spiro atoms. The number of carbonyl (C=O) groups is 1. The molecule has 1 N–H and O–H groups in total.